The predicted molar refractivity (Wildman–Crippen MR) is 104 cm³/mol. The molecule has 2 rings (SSSR count). The summed E-state index contributed by atoms with van der Waals surface area (Å²) in [6, 6.07) is 4.48. The molecule has 2 amide bonds. The van der Waals surface area contributed by atoms with Crippen LogP contribution in [-0.4, -0.2) is 41.9 Å². The Kier molecular flexibility index (Phi) is 6.41. The van der Waals surface area contributed by atoms with Gasteiger partial charge in [-0.1, -0.05) is 6.92 Å². The largest absolute Gasteiger partial charge is 0.366 e. The summed E-state index contributed by atoms with van der Waals surface area (Å²) in [6.45, 7) is 9.00. The lowest BCUT2D eigenvalue weighted by Gasteiger charge is -2.32. The molecule has 1 heterocycles. The normalized spacial score (nSPS) is 17.3. The second-order valence-corrected chi connectivity index (χ2v) is 8.13. The maximum Gasteiger partial charge on any atom is 0.293 e. The molecule has 0 aromatic heterocycles. The van der Waals surface area contributed by atoms with Gasteiger partial charge in [-0.3, -0.25) is 19.7 Å². The average Bonchev–Trinajstić information content (AvgIpc) is 2.57. The number of amides is 2. The molecule has 0 unspecified atom stereocenters. The predicted octanol–water partition coefficient (Wildman–Crippen LogP) is 2.48. The van der Waals surface area contributed by atoms with Crippen LogP contribution < -0.4 is 15.5 Å². The molecule has 1 fully saturated rings. The number of nitro benzene ring substituents is 1. The van der Waals surface area contributed by atoms with E-state index in [1.54, 1.807) is 12.1 Å². The molecule has 8 heteroatoms. The van der Waals surface area contributed by atoms with Crippen molar-refractivity contribution in [2.45, 2.75) is 46.1 Å². The van der Waals surface area contributed by atoms with Crippen LogP contribution >= 0.6 is 0 Å². The summed E-state index contributed by atoms with van der Waals surface area (Å²) in [4.78, 5) is 37.2. The van der Waals surface area contributed by atoms with Crippen molar-refractivity contribution in [2.24, 2.45) is 5.92 Å². The fourth-order valence-corrected chi connectivity index (χ4v) is 3.21. The monoisotopic (exact) mass is 376 g/mol. The number of hydrogen-bond donors (Lipinski definition) is 2. The third-order valence-electron chi connectivity index (χ3n) is 4.36. The van der Waals surface area contributed by atoms with Gasteiger partial charge in [-0.2, -0.15) is 0 Å². The number of nitro groups is 1. The third-order valence-corrected chi connectivity index (χ3v) is 4.36. The Morgan fingerprint density at radius 1 is 1.33 bits per heavy atom. The lowest BCUT2D eigenvalue weighted by molar-refractivity contribution is -0.384. The SMILES string of the molecule is C[C@H]1CCCN(c2ccc(C(=O)NCC(=O)NC(C)(C)C)cc2[N+](=O)[O-])C1. The van der Waals surface area contributed by atoms with Crippen LogP contribution in [0.15, 0.2) is 18.2 Å². The van der Waals surface area contributed by atoms with Crippen LogP contribution in [0.5, 0.6) is 0 Å². The van der Waals surface area contributed by atoms with E-state index in [2.05, 4.69) is 17.6 Å². The molecule has 27 heavy (non-hydrogen) atoms. The van der Waals surface area contributed by atoms with E-state index in [9.17, 15) is 19.7 Å². The fraction of sp³-hybridized carbons (Fsp3) is 0.579. The number of anilines is 1. The molecular weight excluding hydrogens is 348 g/mol. The van der Waals surface area contributed by atoms with Gasteiger partial charge >= 0.3 is 0 Å². The number of nitrogens with one attached hydrogen (secondary N) is 2. The van der Waals surface area contributed by atoms with Crippen LogP contribution in [0.25, 0.3) is 0 Å². The van der Waals surface area contributed by atoms with Crippen molar-refractivity contribution in [3.05, 3.63) is 33.9 Å². The lowest BCUT2D eigenvalue weighted by atomic mass is 9.99. The van der Waals surface area contributed by atoms with Crippen molar-refractivity contribution < 1.29 is 14.5 Å². The first kappa shape index (κ1) is 20.7. The number of carbonyl (C=O) groups is 2. The van der Waals surface area contributed by atoms with Crippen LogP contribution in [0.3, 0.4) is 0 Å². The van der Waals surface area contributed by atoms with Crippen LogP contribution in [0, 0.1) is 16.0 Å². The highest BCUT2D eigenvalue weighted by molar-refractivity contribution is 5.97. The van der Waals surface area contributed by atoms with Gasteiger partial charge in [0.2, 0.25) is 5.91 Å². The highest BCUT2D eigenvalue weighted by Gasteiger charge is 2.25. The Hall–Kier alpha value is -2.64. The highest BCUT2D eigenvalue weighted by atomic mass is 16.6. The molecule has 1 aliphatic rings. The molecule has 0 aliphatic carbocycles. The van der Waals surface area contributed by atoms with Gasteiger partial charge in [0.25, 0.3) is 11.6 Å². The van der Waals surface area contributed by atoms with E-state index in [1.165, 1.54) is 6.07 Å². The summed E-state index contributed by atoms with van der Waals surface area (Å²) in [5.41, 5.74) is 0.219. The van der Waals surface area contributed by atoms with Crippen molar-refractivity contribution in [2.75, 3.05) is 24.5 Å². The first-order chi connectivity index (χ1) is 12.6. The number of piperidine rings is 1. The fourth-order valence-electron chi connectivity index (χ4n) is 3.21. The number of rotatable bonds is 5. The summed E-state index contributed by atoms with van der Waals surface area (Å²) in [5, 5.41) is 16.8. The van der Waals surface area contributed by atoms with Gasteiger partial charge in [0.05, 0.1) is 11.5 Å². The lowest BCUT2D eigenvalue weighted by Crippen LogP contribution is -2.45. The molecule has 1 atom stereocenters. The summed E-state index contributed by atoms with van der Waals surface area (Å²) in [6.07, 6.45) is 2.10. The van der Waals surface area contributed by atoms with E-state index < -0.39 is 16.4 Å². The Labute approximate surface area is 159 Å². The first-order valence-corrected chi connectivity index (χ1v) is 9.19. The van der Waals surface area contributed by atoms with Crippen LogP contribution in [0.2, 0.25) is 0 Å². The van der Waals surface area contributed by atoms with Crippen LogP contribution in [-0.2, 0) is 4.79 Å². The minimum absolute atomic E-state index is 0.0871. The van der Waals surface area contributed by atoms with E-state index in [4.69, 9.17) is 0 Å². The smallest absolute Gasteiger partial charge is 0.293 e. The van der Waals surface area contributed by atoms with Crippen molar-refractivity contribution in [3.8, 4) is 0 Å². The standard InChI is InChI=1S/C19H28N4O4/c1-13-6-5-9-22(12-13)15-8-7-14(10-16(15)23(26)27)18(25)20-11-17(24)21-19(2,3)4/h7-8,10,13H,5-6,9,11-12H2,1-4H3,(H,20,25)(H,21,24)/t13-/m0/s1. The Morgan fingerprint density at radius 2 is 2.04 bits per heavy atom. The molecular formula is C19H28N4O4. The molecule has 0 spiro atoms. The number of benzene rings is 1. The van der Waals surface area contributed by atoms with E-state index in [0.29, 0.717) is 11.6 Å². The summed E-state index contributed by atoms with van der Waals surface area (Å²) in [5.74, 6) is -0.354. The van der Waals surface area contributed by atoms with Crippen molar-refractivity contribution in [1.29, 1.82) is 0 Å². The third kappa shape index (κ3) is 5.94. The van der Waals surface area contributed by atoms with Gasteiger partial charge in [0.1, 0.15) is 5.69 Å². The Morgan fingerprint density at radius 3 is 2.63 bits per heavy atom. The van der Waals surface area contributed by atoms with Gasteiger partial charge in [-0.15, -0.1) is 0 Å². The Bertz CT molecular complexity index is 727. The number of hydrogen-bond acceptors (Lipinski definition) is 5. The molecule has 1 aromatic rings. The zero-order valence-electron chi connectivity index (χ0n) is 16.4. The zero-order chi connectivity index (χ0) is 20.2. The minimum Gasteiger partial charge on any atom is -0.366 e. The molecule has 148 valence electrons. The van der Waals surface area contributed by atoms with Gasteiger partial charge < -0.3 is 15.5 Å². The summed E-state index contributed by atoms with van der Waals surface area (Å²) >= 11 is 0. The molecule has 1 aromatic carbocycles. The molecule has 0 radical (unpaired) electrons. The first-order valence-electron chi connectivity index (χ1n) is 9.19. The minimum atomic E-state index is -0.513. The van der Waals surface area contributed by atoms with Crippen molar-refractivity contribution in [1.82, 2.24) is 10.6 Å². The van der Waals surface area contributed by atoms with Gasteiger partial charge in [0.15, 0.2) is 0 Å². The molecule has 0 saturated carbocycles. The molecule has 0 bridgehead atoms. The van der Waals surface area contributed by atoms with Gasteiger partial charge in [-0.05, 0) is 51.7 Å². The number of carbonyl (C=O) groups excluding carboxylic acids is 2. The molecule has 2 N–H and O–H groups in total. The molecule has 1 saturated heterocycles. The topological polar surface area (TPSA) is 105 Å². The van der Waals surface area contributed by atoms with Gasteiger partial charge in [0, 0.05) is 30.3 Å². The highest BCUT2D eigenvalue weighted by Crippen LogP contribution is 2.32. The van der Waals surface area contributed by atoms with Crippen molar-refractivity contribution >= 4 is 23.2 Å². The van der Waals surface area contributed by atoms with Gasteiger partial charge in [-0.25, -0.2) is 0 Å². The maximum absolute atomic E-state index is 12.3. The average molecular weight is 376 g/mol. The second-order valence-electron chi connectivity index (χ2n) is 8.13. The second kappa shape index (κ2) is 8.37. The quantitative estimate of drug-likeness (QED) is 0.607. The zero-order valence-corrected chi connectivity index (χ0v) is 16.4. The number of nitrogens with zero attached hydrogens (tertiary/aromatic N) is 2. The van der Waals surface area contributed by atoms with E-state index in [0.717, 1.165) is 25.9 Å². The van der Waals surface area contributed by atoms with Crippen LogP contribution in [0.1, 0.15) is 50.9 Å². The van der Waals surface area contributed by atoms with E-state index in [-0.39, 0.29) is 23.7 Å². The molecule has 1 aliphatic heterocycles. The molecule has 8 nitrogen and oxygen atoms in total. The van der Waals surface area contributed by atoms with Crippen LogP contribution in [0.4, 0.5) is 11.4 Å². The van der Waals surface area contributed by atoms with E-state index in [1.807, 2.05) is 25.7 Å². The van der Waals surface area contributed by atoms with E-state index >= 15 is 0 Å². The summed E-state index contributed by atoms with van der Waals surface area (Å²) < 4.78 is 0. The van der Waals surface area contributed by atoms with Crippen molar-refractivity contribution in [3.63, 3.8) is 0 Å². The Balaban J connectivity index is 2.11. The summed E-state index contributed by atoms with van der Waals surface area (Å²) in [7, 11) is 0. The maximum atomic E-state index is 12.3.